The van der Waals surface area contributed by atoms with Crippen molar-refractivity contribution >= 4 is 45.5 Å². The van der Waals surface area contributed by atoms with Crippen LogP contribution >= 0.6 is 11.3 Å². The Bertz CT molecular complexity index is 812. The third-order valence-electron chi connectivity index (χ3n) is 4.00. The number of rotatable bonds is 8. The molecule has 1 amide bonds. The summed E-state index contributed by atoms with van der Waals surface area (Å²) in [6.07, 6.45) is 3.45. The van der Waals surface area contributed by atoms with Gasteiger partial charge in [0.05, 0.1) is 17.3 Å². The van der Waals surface area contributed by atoms with Crippen molar-refractivity contribution in [3.05, 3.63) is 35.3 Å². The number of nitrogens with one attached hydrogen (secondary N) is 1. The minimum atomic E-state index is -0.774. The third-order valence-corrected chi connectivity index (χ3v) is 5.00. The van der Waals surface area contributed by atoms with E-state index in [0.29, 0.717) is 11.4 Å². The van der Waals surface area contributed by atoms with Crippen molar-refractivity contribution in [2.45, 2.75) is 26.3 Å². The van der Waals surface area contributed by atoms with E-state index < -0.39 is 30.5 Å². The molecule has 144 valence electrons. The molecule has 0 saturated heterocycles. The molecule has 0 aliphatic rings. The molecule has 0 bridgehead atoms. The molecule has 1 heterocycles. The Morgan fingerprint density at radius 2 is 2.04 bits per heavy atom. The van der Waals surface area contributed by atoms with Crippen LogP contribution in [-0.4, -0.2) is 42.6 Å². The van der Waals surface area contributed by atoms with Gasteiger partial charge in [-0.2, -0.15) is 0 Å². The number of esters is 2. The van der Waals surface area contributed by atoms with Gasteiger partial charge < -0.3 is 14.8 Å². The van der Waals surface area contributed by atoms with Crippen molar-refractivity contribution < 1.29 is 23.9 Å². The van der Waals surface area contributed by atoms with Crippen LogP contribution in [0, 0.1) is 5.92 Å². The van der Waals surface area contributed by atoms with Crippen molar-refractivity contribution in [1.29, 1.82) is 0 Å². The highest BCUT2D eigenvalue weighted by Gasteiger charge is 2.26. The fourth-order valence-electron chi connectivity index (χ4n) is 2.30. The number of thiazole rings is 1. The zero-order chi connectivity index (χ0) is 19.8. The first-order chi connectivity index (χ1) is 12.9. The summed E-state index contributed by atoms with van der Waals surface area (Å²) >= 11 is 1.45. The number of aromatic nitrogens is 1. The van der Waals surface area contributed by atoms with Gasteiger partial charge in [-0.05, 0) is 24.1 Å². The first-order valence-electron chi connectivity index (χ1n) is 8.52. The molecule has 0 aliphatic heterocycles. The van der Waals surface area contributed by atoms with Gasteiger partial charge in [-0.15, -0.1) is 11.3 Å². The maximum absolute atomic E-state index is 12.0. The van der Waals surface area contributed by atoms with E-state index in [9.17, 15) is 14.4 Å². The molecule has 1 N–H and O–H groups in total. The Balaban J connectivity index is 1.86. The maximum atomic E-state index is 12.0. The molecule has 1 aromatic carbocycles. The van der Waals surface area contributed by atoms with Gasteiger partial charge in [-0.25, -0.2) is 14.6 Å². The van der Waals surface area contributed by atoms with E-state index in [1.54, 1.807) is 6.08 Å². The van der Waals surface area contributed by atoms with E-state index in [-0.39, 0.29) is 5.92 Å². The predicted molar refractivity (Wildman–Crippen MR) is 103 cm³/mol. The second-order valence-electron chi connectivity index (χ2n) is 5.91. The minimum absolute atomic E-state index is 0.101. The number of carbonyl (C=O) groups excluding carboxylic acids is 3. The Hall–Kier alpha value is -2.74. The molecule has 0 radical (unpaired) electrons. The number of nitrogens with zero attached hydrogens (tertiary/aromatic N) is 1. The van der Waals surface area contributed by atoms with E-state index in [1.807, 2.05) is 38.1 Å². The molecule has 2 aromatic rings. The molecule has 2 rings (SSSR count). The molecular weight excluding hydrogens is 368 g/mol. The number of methoxy groups -OCH3 is 1. The monoisotopic (exact) mass is 390 g/mol. The Kier molecular flexibility index (Phi) is 7.48. The Morgan fingerprint density at radius 3 is 2.70 bits per heavy atom. The summed E-state index contributed by atoms with van der Waals surface area (Å²) in [5.74, 6) is -1.86. The quantitative estimate of drug-likeness (QED) is 0.550. The number of para-hydroxylation sites is 1. The van der Waals surface area contributed by atoms with Gasteiger partial charge in [0.2, 0.25) is 0 Å². The summed E-state index contributed by atoms with van der Waals surface area (Å²) in [6.45, 7) is 3.25. The molecule has 2 atom stereocenters. The van der Waals surface area contributed by atoms with Crippen LogP contribution < -0.4 is 5.32 Å². The molecule has 7 nitrogen and oxygen atoms in total. The third kappa shape index (κ3) is 5.89. The second-order valence-corrected chi connectivity index (χ2v) is 6.98. The fraction of sp³-hybridized carbons (Fsp3) is 0.368. The average molecular weight is 390 g/mol. The van der Waals surface area contributed by atoms with E-state index in [0.717, 1.165) is 10.2 Å². The topological polar surface area (TPSA) is 94.6 Å². The molecule has 0 spiro atoms. The van der Waals surface area contributed by atoms with Gasteiger partial charge in [0, 0.05) is 6.08 Å². The average Bonchev–Trinajstić information content (AvgIpc) is 3.10. The number of carbonyl (C=O) groups is 3. The number of benzene rings is 1. The van der Waals surface area contributed by atoms with Crippen LogP contribution in [0.5, 0.6) is 0 Å². The summed E-state index contributed by atoms with van der Waals surface area (Å²) < 4.78 is 10.6. The van der Waals surface area contributed by atoms with E-state index in [4.69, 9.17) is 9.47 Å². The van der Waals surface area contributed by atoms with Crippen molar-refractivity contribution in [3.63, 3.8) is 0 Å². The molecule has 0 saturated carbocycles. The lowest BCUT2D eigenvalue weighted by Crippen LogP contribution is -2.47. The summed E-state index contributed by atoms with van der Waals surface area (Å²) in [7, 11) is 1.26. The first kappa shape index (κ1) is 20.6. The summed E-state index contributed by atoms with van der Waals surface area (Å²) in [5.41, 5.74) is 0.855. The molecule has 0 unspecified atom stereocenters. The van der Waals surface area contributed by atoms with Gasteiger partial charge in [-0.3, -0.25) is 4.79 Å². The fourth-order valence-corrected chi connectivity index (χ4v) is 3.17. The number of hydrogen-bond donors (Lipinski definition) is 1. The lowest BCUT2D eigenvalue weighted by atomic mass is 9.99. The number of fused-ring (bicyclic) bond motifs is 1. The SMILES string of the molecule is CC[C@@H](C)[C@@H](NC(=O)COC(=O)/C=C/c1nc2ccccc2s1)C(=O)OC. The zero-order valence-electron chi connectivity index (χ0n) is 15.4. The molecule has 0 aliphatic carbocycles. The van der Waals surface area contributed by atoms with Crippen LogP contribution in [-0.2, 0) is 23.9 Å². The van der Waals surface area contributed by atoms with Crippen LogP contribution in [0.1, 0.15) is 25.3 Å². The van der Waals surface area contributed by atoms with Crippen LogP contribution in [0.3, 0.4) is 0 Å². The van der Waals surface area contributed by atoms with Gasteiger partial charge >= 0.3 is 11.9 Å². The first-order valence-corrected chi connectivity index (χ1v) is 9.33. The molecule has 27 heavy (non-hydrogen) atoms. The smallest absolute Gasteiger partial charge is 0.331 e. The largest absolute Gasteiger partial charge is 0.467 e. The highest BCUT2D eigenvalue weighted by atomic mass is 32.1. The van der Waals surface area contributed by atoms with Crippen molar-refractivity contribution in [3.8, 4) is 0 Å². The number of ether oxygens (including phenoxy) is 2. The van der Waals surface area contributed by atoms with Crippen LogP contribution in [0.4, 0.5) is 0 Å². The molecular formula is C19H22N2O5S. The van der Waals surface area contributed by atoms with Gasteiger partial charge in [0.15, 0.2) is 6.61 Å². The van der Waals surface area contributed by atoms with Gasteiger partial charge in [-0.1, -0.05) is 32.4 Å². The standard InChI is InChI=1S/C19H22N2O5S/c1-4-12(2)18(19(24)25-3)21-15(22)11-26-17(23)10-9-16-20-13-7-5-6-8-14(13)27-16/h5-10,12,18H,4,11H2,1-3H3,(H,21,22)/b10-9+/t12-,18-/m1/s1. The molecule has 1 aromatic heterocycles. The predicted octanol–water partition coefficient (Wildman–Crippen LogP) is 2.56. The Labute approximate surface area is 161 Å². The summed E-state index contributed by atoms with van der Waals surface area (Å²) in [4.78, 5) is 39.9. The minimum Gasteiger partial charge on any atom is -0.467 e. The van der Waals surface area contributed by atoms with E-state index in [1.165, 1.54) is 24.5 Å². The lowest BCUT2D eigenvalue weighted by Gasteiger charge is -2.21. The van der Waals surface area contributed by atoms with Crippen molar-refractivity contribution in [1.82, 2.24) is 10.3 Å². The van der Waals surface area contributed by atoms with Gasteiger partial charge in [0.25, 0.3) is 5.91 Å². The highest BCUT2D eigenvalue weighted by Crippen LogP contribution is 2.22. The van der Waals surface area contributed by atoms with Crippen LogP contribution in [0.25, 0.3) is 16.3 Å². The molecule has 8 heteroatoms. The highest BCUT2D eigenvalue weighted by molar-refractivity contribution is 7.19. The van der Waals surface area contributed by atoms with Crippen molar-refractivity contribution in [2.24, 2.45) is 5.92 Å². The zero-order valence-corrected chi connectivity index (χ0v) is 16.2. The van der Waals surface area contributed by atoms with E-state index >= 15 is 0 Å². The maximum Gasteiger partial charge on any atom is 0.331 e. The van der Waals surface area contributed by atoms with Crippen LogP contribution in [0.15, 0.2) is 30.3 Å². The Morgan fingerprint density at radius 1 is 1.30 bits per heavy atom. The number of amides is 1. The summed E-state index contributed by atoms with van der Waals surface area (Å²) in [6, 6.07) is 6.87. The van der Waals surface area contributed by atoms with Gasteiger partial charge in [0.1, 0.15) is 11.0 Å². The second kappa shape index (κ2) is 9.82. The van der Waals surface area contributed by atoms with Crippen molar-refractivity contribution in [2.75, 3.05) is 13.7 Å². The number of hydrogen-bond acceptors (Lipinski definition) is 7. The summed E-state index contributed by atoms with van der Waals surface area (Å²) in [5, 5.41) is 3.21. The lowest BCUT2D eigenvalue weighted by molar-refractivity contribution is -0.148. The normalized spacial score (nSPS) is 13.3. The van der Waals surface area contributed by atoms with Crippen LogP contribution in [0.2, 0.25) is 0 Å². The molecule has 0 fully saturated rings. The van der Waals surface area contributed by atoms with E-state index in [2.05, 4.69) is 10.3 Å².